The summed E-state index contributed by atoms with van der Waals surface area (Å²) in [6.07, 6.45) is 2.34. The lowest BCUT2D eigenvalue weighted by atomic mass is 10.2. The summed E-state index contributed by atoms with van der Waals surface area (Å²) >= 11 is 0. The molecule has 0 unspecified atom stereocenters. The highest BCUT2D eigenvalue weighted by atomic mass is 28.4. The number of ether oxygens (including phenoxy) is 1. The third-order valence-electron chi connectivity index (χ3n) is 4.56. The van der Waals surface area contributed by atoms with Crippen LogP contribution >= 0.6 is 0 Å². The van der Waals surface area contributed by atoms with E-state index in [9.17, 15) is 14.7 Å². The van der Waals surface area contributed by atoms with E-state index in [1.807, 2.05) is 0 Å². The fraction of sp³-hybridized carbons (Fsp3) is 0.750. The van der Waals surface area contributed by atoms with E-state index in [1.165, 1.54) is 11.0 Å². The van der Waals surface area contributed by atoms with Gasteiger partial charge < -0.3 is 14.3 Å². The van der Waals surface area contributed by atoms with Crippen LogP contribution in [-0.4, -0.2) is 55.7 Å². The van der Waals surface area contributed by atoms with Gasteiger partial charge in [0, 0.05) is 12.6 Å². The first kappa shape index (κ1) is 19.7. The standard InChI is InChI=1S/C16H29NO5Si/c1-7-21-14(18)9-8-12-10-13(11-17(12)15(19)20)22-23(5,6)16(2,3)4/h8-9,12-13H,7,10-11H2,1-6H3,(H,19,20)/b9-8+/t12-,13-/m1/s1. The zero-order chi connectivity index (χ0) is 17.8. The van der Waals surface area contributed by atoms with Gasteiger partial charge in [0.2, 0.25) is 0 Å². The summed E-state index contributed by atoms with van der Waals surface area (Å²) < 4.78 is 11.1. The van der Waals surface area contributed by atoms with Crippen molar-refractivity contribution < 1.29 is 23.9 Å². The Morgan fingerprint density at radius 1 is 1.35 bits per heavy atom. The highest BCUT2D eigenvalue weighted by Crippen LogP contribution is 2.39. The topological polar surface area (TPSA) is 76.1 Å². The van der Waals surface area contributed by atoms with Gasteiger partial charge in [-0.2, -0.15) is 0 Å². The van der Waals surface area contributed by atoms with E-state index < -0.39 is 20.4 Å². The second kappa shape index (κ2) is 7.48. The molecule has 23 heavy (non-hydrogen) atoms. The maximum Gasteiger partial charge on any atom is 0.407 e. The lowest BCUT2D eigenvalue weighted by Crippen LogP contribution is -2.44. The summed E-state index contributed by atoms with van der Waals surface area (Å²) in [6, 6.07) is -0.355. The smallest absolute Gasteiger partial charge is 0.407 e. The number of rotatable bonds is 5. The Morgan fingerprint density at radius 2 is 1.96 bits per heavy atom. The Hall–Kier alpha value is -1.34. The number of carbonyl (C=O) groups excluding carboxylic acids is 1. The lowest BCUT2D eigenvalue weighted by molar-refractivity contribution is -0.137. The van der Waals surface area contributed by atoms with Gasteiger partial charge in [-0.05, 0) is 31.5 Å². The van der Waals surface area contributed by atoms with Crippen LogP contribution < -0.4 is 0 Å². The second-order valence-electron chi connectivity index (χ2n) is 7.35. The van der Waals surface area contributed by atoms with Crippen LogP contribution in [0.25, 0.3) is 0 Å². The van der Waals surface area contributed by atoms with E-state index in [0.29, 0.717) is 19.6 Å². The Labute approximate surface area is 139 Å². The van der Waals surface area contributed by atoms with E-state index in [1.54, 1.807) is 13.0 Å². The minimum Gasteiger partial charge on any atom is -0.465 e. The number of esters is 1. The number of hydrogen-bond donors (Lipinski definition) is 1. The third-order valence-corrected chi connectivity index (χ3v) is 9.09. The maximum absolute atomic E-state index is 11.4. The molecule has 1 N–H and O–H groups in total. The number of amides is 1. The minimum atomic E-state index is -1.96. The normalized spacial score (nSPS) is 22.6. The predicted octanol–water partition coefficient (Wildman–Crippen LogP) is 3.25. The van der Waals surface area contributed by atoms with E-state index in [-0.39, 0.29) is 17.2 Å². The molecule has 1 heterocycles. The summed E-state index contributed by atoms with van der Waals surface area (Å²) in [7, 11) is -1.96. The lowest BCUT2D eigenvalue weighted by Gasteiger charge is -2.38. The van der Waals surface area contributed by atoms with Gasteiger partial charge in [0.25, 0.3) is 0 Å². The average Bonchev–Trinajstić information content (AvgIpc) is 2.78. The number of nitrogens with zero attached hydrogens (tertiary/aromatic N) is 1. The summed E-state index contributed by atoms with van der Waals surface area (Å²) in [5.41, 5.74) is 0. The summed E-state index contributed by atoms with van der Waals surface area (Å²) in [5, 5.41) is 9.43. The van der Waals surface area contributed by atoms with Crippen LogP contribution in [0.3, 0.4) is 0 Å². The Kier molecular flexibility index (Phi) is 6.41. The van der Waals surface area contributed by atoms with Gasteiger partial charge in [-0.1, -0.05) is 26.8 Å². The van der Waals surface area contributed by atoms with Gasteiger partial charge in [-0.25, -0.2) is 9.59 Å². The number of likely N-dealkylation sites (tertiary alicyclic amines) is 1. The zero-order valence-electron chi connectivity index (χ0n) is 15.0. The van der Waals surface area contributed by atoms with Crippen molar-refractivity contribution >= 4 is 20.4 Å². The zero-order valence-corrected chi connectivity index (χ0v) is 16.0. The summed E-state index contributed by atoms with van der Waals surface area (Å²) in [6.45, 7) is 13.1. The second-order valence-corrected chi connectivity index (χ2v) is 12.1. The van der Waals surface area contributed by atoms with Crippen LogP contribution in [0.5, 0.6) is 0 Å². The molecule has 0 saturated carbocycles. The first-order valence-corrected chi connectivity index (χ1v) is 10.9. The molecule has 132 valence electrons. The van der Waals surface area contributed by atoms with Gasteiger partial charge in [0.1, 0.15) is 0 Å². The molecular weight excluding hydrogens is 314 g/mol. The molecule has 2 atom stereocenters. The predicted molar refractivity (Wildman–Crippen MR) is 91.0 cm³/mol. The molecule has 1 fully saturated rings. The fourth-order valence-electron chi connectivity index (χ4n) is 2.29. The molecule has 0 aromatic heterocycles. The van der Waals surface area contributed by atoms with Crippen LogP contribution in [0.1, 0.15) is 34.1 Å². The first-order valence-electron chi connectivity index (χ1n) is 8.00. The molecule has 1 amide bonds. The largest absolute Gasteiger partial charge is 0.465 e. The molecule has 1 rings (SSSR count). The van der Waals surface area contributed by atoms with E-state index in [0.717, 1.165) is 0 Å². The van der Waals surface area contributed by atoms with Crippen LogP contribution in [0.15, 0.2) is 12.2 Å². The quantitative estimate of drug-likeness (QED) is 0.471. The highest BCUT2D eigenvalue weighted by Gasteiger charge is 2.43. The van der Waals surface area contributed by atoms with E-state index in [4.69, 9.17) is 9.16 Å². The van der Waals surface area contributed by atoms with Gasteiger partial charge >= 0.3 is 12.1 Å². The molecule has 0 bridgehead atoms. The molecule has 6 nitrogen and oxygen atoms in total. The molecule has 7 heteroatoms. The van der Waals surface area contributed by atoms with E-state index in [2.05, 4.69) is 33.9 Å². The van der Waals surface area contributed by atoms with Gasteiger partial charge in [-0.15, -0.1) is 0 Å². The molecule has 1 aliphatic rings. The summed E-state index contributed by atoms with van der Waals surface area (Å²) in [4.78, 5) is 24.2. The Morgan fingerprint density at radius 3 is 2.43 bits per heavy atom. The number of carbonyl (C=O) groups is 2. The maximum atomic E-state index is 11.4. The van der Waals surface area contributed by atoms with Crippen molar-refractivity contribution in [1.29, 1.82) is 0 Å². The Balaban J connectivity index is 2.78. The first-order chi connectivity index (χ1) is 10.5. The number of carboxylic acid groups (broad SMARTS) is 1. The van der Waals surface area contributed by atoms with Crippen molar-refractivity contribution in [3.8, 4) is 0 Å². The van der Waals surface area contributed by atoms with Crippen molar-refractivity contribution in [1.82, 2.24) is 4.90 Å². The molecule has 1 aliphatic heterocycles. The van der Waals surface area contributed by atoms with Crippen molar-refractivity contribution in [2.45, 2.75) is 64.4 Å². The van der Waals surface area contributed by atoms with E-state index >= 15 is 0 Å². The monoisotopic (exact) mass is 343 g/mol. The summed E-state index contributed by atoms with van der Waals surface area (Å²) in [5.74, 6) is -0.452. The van der Waals surface area contributed by atoms with Crippen LogP contribution in [0.4, 0.5) is 4.79 Å². The van der Waals surface area contributed by atoms with Crippen LogP contribution in [-0.2, 0) is 14.0 Å². The minimum absolute atomic E-state index is 0.0694. The SMILES string of the molecule is CCOC(=O)/C=C/[C@@H]1C[C@@H](O[Si](C)(C)C(C)(C)C)CN1C(=O)O. The van der Waals surface area contributed by atoms with Crippen molar-refractivity contribution in [2.75, 3.05) is 13.2 Å². The Bertz CT molecular complexity index is 470. The molecule has 0 radical (unpaired) electrons. The van der Waals surface area contributed by atoms with Gasteiger partial charge in [0.05, 0.1) is 18.8 Å². The van der Waals surface area contributed by atoms with Crippen molar-refractivity contribution in [3.05, 3.63) is 12.2 Å². The molecule has 0 aliphatic carbocycles. The van der Waals surface area contributed by atoms with Gasteiger partial charge in [-0.3, -0.25) is 4.90 Å². The fourth-order valence-corrected chi connectivity index (χ4v) is 3.64. The highest BCUT2D eigenvalue weighted by molar-refractivity contribution is 6.74. The molecule has 0 aromatic carbocycles. The third kappa shape index (κ3) is 5.35. The van der Waals surface area contributed by atoms with Crippen LogP contribution in [0, 0.1) is 0 Å². The van der Waals surface area contributed by atoms with Gasteiger partial charge in [0.15, 0.2) is 8.32 Å². The molecule has 0 aromatic rings. The van der Waals surface area contributed by atoms with Crippen molar-refractivity contribution in [2.24, 2.45) is 0 Å². The van der Waals surface area contributed by atoms with Crippen molar-refractivity contribution in [3.63, 3.8) is 0 Å². The molecular formula is C16H29NO5Si. The number of hydrogen-bond acceptors (Lipinski definition) is 4. The van der Waals surface area contributed by atoms with Crippen LogP contribution in [0.2, 0.25) is 18.1 Å². The molecule has 1 saturated heterocycles. The molecule has 0 spiro atoms. The average molecular weight is 343 g/mol.